The van der Waals surface area contributed by atoms with Crippen LogP contribution in [0, 0.1) is 0 Å². The summed E-state index contributed by atoms with van der Waals surface area (Å²) in [6.07, 6.45) is 0. The van der Waals surface area contributed by atoms with Crippen LogP contribution in [0.1, 0.15) is 11.1 Å². The van der Waals surface area contributed by atoms with E-state index in [1.165, 1.54) is 0 Å². The summed E-state index contributed by atoms with van der Waals surface area (Å²) in [6, 6.07) is 17.9. The first kappa shape index (κ1) is 15.7. The molecule has 21 heavy (non-hydrogen) atoms. The molecule has 0 fully saturated rings. The zero-order valence-corrected chi connectivity index (χ0v) is 11.9. The lowest BCUT2D eigenvalue weighted by Gasteiger charge is -2.43. The third-order valence-electron chi connectivity index (χ3n) is 4.07. The summed E-state index contributed by atoms with van der Waals surface area (Å²) < 4.78 is 0. The highest BCUT2D eigenvalue weighted by Gasteiger charge is 2.44. The van der Waals surface area contributed by atoms with E-state index in [9.17, 15) is 10.2 Å². The molecule has 2 aromatic rings. The molecule has 0 radical (unpaired) electrons. The maximum Gasteiger partial charge on any atom is 0.0595 e. The van der Waals surface area contributed by atoms with E-state index in [4.69, 9.17) is 11.5 Å². The van der Waals surface area contributed by atoms with Gasteiger partial charge in [0.1, 0.15) is 0 Å². The minimum Gasteiger partial charge on any atom is -0.395 e. The van der Waals surface area contributed by atoms with Crippen LogP contribution in [0.5, 0.6) is 0 Å². The van der Waals surface area contributed by atoms with Gasteiger partial charge in [-0.15, -0.1) is 0 Å². The van der Waals surface area contributed by atoms with Gasteiger partial charge in [-0.1, -0.05) is 60.7 Å². The largest absolute Gasteiger partial charge is 0.395 e. The van der Waals surface area contributed by atoms with Crippen LogP contribution in [0.4, 0.5) is 0 Å². The summed E-state index contributed by atoms with van der Waals surface area (Å²) in [4.78, 5) is 0. The predicted octanol–water partition coefficient (Wildman–Crippen LogP) is 0.612. The number of rotatable bonds is 6. The summed E-state index contributed by atoms with van der Waals surface area (Å²) in [6.45, 7) is -0.449. The SMILES string of the molecule is NC(CO)C(c1ccccc1)(c1ccccc1)C(N)CO. The van der Waals surface area contributed by atoms with Crippen LogP contribution < -0.4 is 11.5 Å². The van der Waals surface area contributed by atoms with Gasteiger partial charge in [0.15, 0.2) is 0 Å². The van der Waals surface area contributed by atoms with Crippen LogP contribution in [-0.2, 0) is 5.41 Å². The zero-order valence-electron chi connectivity index (χ0n) is 11.9. The van der Waals surface area contributed by atoms with Crippen LogP contribution in [0.25, 0.3) is 0 Å². The molecule has 0 aliphatic rings. The molecule has 0 bridgehead atoms. The molecule has 0 amide bonds. The second kappa shape index (κ2) is 6.83. The number of benzene rings is 2. The molecule has 0 heterocycles. The Morgan fingerprint density at radius 2 is 1.05 bits per heavy atom. The summed E-state index contributed by atoms with van der Waals surface area (Å²) in [7, 11) is 0. The molecule has 2 unspecified atom stereocenters. The third-order valence-corrected chi connectivity index (χ3v) is 4.07. The molecule has 4 nitrogen and oxygen atoms in total. The van der Waals surface area contributed by atoms with Crippen molar-refractivity contribution >= 4 is 0 Å². The lowest BCUT2D eigenvalue weighted by atomic mass is 9.65. The van der Waals surface area contributed by atoms with Crippen molar-refractivity contribution in [2.75, 3.05) is 13.2 Å². The van der Waals surface area contributed by atoms with Crippen molar-refractivity contribution in [2.45, 2.75) is 17.5 Å². The van der Waals surface area contributed by atoms with E-state index in [-0.39, 0.29) is 13.2 Å². The van der Waals surface area contributed by atoms with Gasteiger partial charge in [-0.3, -0.25) is 0 Å². The van der Waals surface area contributed by atoms with E-state index in [0.29, 0.717) is 0 Å². The lowest BCUT2D eigenvalue weighted by Crippen LogP contribution is -2.60. The molecule has 2 rings (SSSR count). The normalized spacial score (nSPS) is 14.7. The molecule has 0 saturated carbocycles. The molecule has 0 aliphatic heterocycles. The molecule has 0 spiro atoms. The van der Waals surface area contributed by atoms with Crippen LogP contribution in [0.15, 0.2) is 60.7 Å². The van der Waals surface area contributed by atoms with Crippen molar-refractivity contribution in [2.24, 2.45) is 11.5 Å². The van der Waals surface area contributed by atoms with E-state index in [1.807, 2.05) is 60.7 Å². The van der Waals surface area contributed by atoms with Crippen LogP contribution >= 0.6 is 0 Å². The van der Waals surface area contributed by atoms with Gasteiger partial charge < -0.3 is 21.7 Å². The fourth-order valence-corrected chi connectivity index (χ4v) is 3.01. The molecule has 2 atom stereocenters. The first-order valence-corrected chi connectivity index (χ1v) is 7.01. The lowest BCUT2D eigenvalue weighted by molar-refractivity contribution is 0.164. The van der Waals surface area contributed by atoms with E-state index in [2.05, 4.69) is 0 Å². The summed E-state index contributed by atoms with van der Waals surface area (Å²) >= 11 is 0. The van der Waals surface area contributed by atoms with Crippen LogP contribution in [0.2, 0.25) is 0 Å². The summed E-state index contributed by atoms with van der Waals surface area (Å²) in [5, 5.41) is 19.4. The Kier molecular flexibility index (Phi) is 5.09. The van der Waals surface area contributed by atoms with Crippen LogP contribution in [-0.4, -0.2) is 35.5 Å². The first-order valence-electron chi connectivity index (χ1n) is 7.01. The van der Waals surface area contributed by atoms with E-state index in [1.54, 1.807) is 0 Å². The molecule has 0 aromatic heterocycles. The fourth-order valence-electron chi connectivity index (χ4n) is 3.01. The van der Waals surface area contributed by atoms with Gasteiger partial charge in [0, 0.05) is 12.1 Å². The molecule has 6 N–H and O–H groups in total. The average Bonchev–Trinajstić information content (AvgIpc) is 2.57. The molecular formula is C17H22N2O2. The highest BCUT2D eigenvalue weighted by atomic mass is 16.3. The Morgan fingerprint density at radius 1 is 0.714 bits per heavy atom. The Bertz CT molecular complexity index is 494. The van der Waals surface area contributed by atoms with Gasteiger partial charge in [0.25, 0.3) is 0 Å². The van der Waals surface area contributed by atoms with E-state index in [0.717, 1.165) is 11.1 Å². The molecular weight excluding hydrogens is 264 g/mol. The van der Waals surface area contributed by atoms with Gasteiger partial charge in [-0.05, 0) is 11.1 Å². The number of nitrogens with two attached hydrogens (primary N) is 2. The Morgan fingerprint density at radius 3 is 1.33 bits per heavy atom. The smallest absolute Gasteiger partial charge is 0.0595 e. The number of hydrogen-bond acceptors (Lipinski definition) is 4. The highest BCUT2D eigenvalue weighted by Crippen LogP contribution is 2.37. The first-order chi connectivity index (χ1) is 10.2. The number of aliphatic hydroxyl groups is 2. The Balaban J connectivity index is 2.72. The quantitative estimate of drug-likeness (QED) is 0.626. The summed E-state index contributed by atoms with van der Waals surface area (Å²) in [5.41, 5.74) is 13.4. The second-order valence-corrected chi connectivity index (χ2v) is 5.18. The van der Waals surface area contributed by atoms with Gasteiger partial charge >= 0.3 is 0 Å². The standard InChI is InChI=1S/C17H22N2O2/c18-15(11-20)17(16(19)12-21,13-7-3-1-4-8-13)14-9-5-2-6-10-14/h1-10,15-16,20-21H,11-12,18-19H2. The zero-order chi connectivity index (χ0) is 15.3. The maximum absolute atomic E-state index is 9.68. The molecule has 2 aromatic carbocycles. The average molecular weight is 286 g/mol. The van der Waals surface area contributed by atoms with Gasteiger partial charge in [-0.25, -0.2) is 0 Å². The van der Waals surface area contributed by atoms with Crippen molar-refractivity contribution in [3.05, 3.63) is 71.8 Å². The molecule has 112 valence electrons. The van der Waals surface area contributed by atoms with Crippen LogP contribution in [0.3, 0.4) is 0 Å². The maximum atomic E-state index is 9.68. The molecule has 4 heteroatoms. The van der Waals surface area contributed by atoms with Crippen molar-refractivity contribution in [1.29, 1.82) is 0 Å². The van der Waals surface area contributed by atoms with E-state index >= 15 is 0 Å². The Hall–Kier alpha value is -1.72. The molecule has 0 saturated heterocycles. The fraction of sp³-hybridized carbons (Fsp3) is 0.294. The number of hydrogen-bond donors (Lipinski definition) is 4. The van der Waals surface area contributed by atoms with E-state index < -0.39 is 17.5 Å². The Labute approximate surface area is 125 Å². The van der Waals surface area contributed by atoms with Gasteiger partial charge in [-0.2, -0.15) is 0 Å². The van der Waals surface area contributed by atoms with Crippen molar-refractivity contribution in [1.82, 2.24) is 0 Å². The topological polar surface area (TPSA) is 92.5 Å². The second-order valence-electron chi connectivity index (χ2n) is 5.18. The molecule has 0 aliphatic carbocycles. The minimum atomic E-state index is -0.841. The van der Waals surface area contributed by atoms with Crippen molar-refractivity contribution in [3.8, 4) is 0 Å². The van der Waals surface area contributed by atoms with Crippen molar-refractivity contribution < 1.29 is 10.2 Å². The third kappa shape index (κ3) is 2.71. The summed E-state index contributed by atoms with van der Waals surface area (Å²) in [5.74, 6) is 0. The van der Waals surface area contributed by atoms with Gasteiger partial charge in [0.05, 0.1) is 18.6 Å². The highest BCUT2D eigenvalue weighted by molar-refractivity contribution is 5.44. The van der Waals surface area contributed by atoms with Crippen molar-refractivity contribution in [3.63, 3.8) is 0 Å². The van der Waals surface area contributed by atoms with Gasteiger partial charge in [0.2, 0.25) is 0 Å². The minimum absolute atomic E-state index is 0.225. The number of aliphatic hydroxyl groups excluding tert-OH is 2. The monoisotopic (exact) mass is 286 g/mol. The predicted molar refractivity (Wildman–Crippen MR) is 83.8 cm³/mol.